The van der Waals surface area contributed by atoms with Gasteiger partial charge in [-0.15, -0.1) is 0 Å². The topological polar surface area (TPSA) is 0 Å². The van der Waals surface area contributed by atoms with Gasteiger partial charge in [-0.2, -0.15) is 9.81 Å². The van der Waals surface area contributed by atoms with Gasteiger partial charge in [0.2, 0.25) is 0 Å². The van der Waals surface area contributed by atoms with Crippen LogP contribution in [0.2, 0.25) is 0 Å². The van der Waals surface area contributed by atoms with Crippen LogP contribution in [-0.4, -0.2) is 0 Å². The standard InChI is InChI=1S/2C7H10S2.Ni/c2*1-7(2)4-3-5(8)6(7)9;/h2*3-4,8-9H,1-2H3;/p-4. The van der Waals surface area contributed by atoms with Crippen LogP contribution in [0.15, 0.2) is 43.9 Å². The van der Waals surface area contributed by atoms with Crippen LogP contribution in [0.4, 0.5) is 0 Å². The molecule has 0 aromatic carbocycles. The first kappa shape index (κ1) is 19.3. The average molecular weight is 371 g/mol. The van der Waals surface area contributed by atoms with Crippen molar-refractivity contribution < 1.29 is 16.5 Å². The normalized spacial score (nSPS) is 22.1. The number of hydrogen-bond acceptors (Lipinski definition) is 4. The molecule has 0 N–H and O–H groups in total. The van der Waals surface area contributed by atoms with Crippen molar-refractivity contribution in [3.63, 3.8) is 0 Å². The molecule has 0 atom stereocenters. The van der Waals surface area contributed by atoms with Crippen molar-refractivity contribution in [2.45, 2.75) is 27.7 Å². The second-order valence-corrected chi connectivity index (χ2v) is 7.19. The van der Waals surface area contributed by atoms with Crippen molar-refractivity contribution in [2.24, 2.45) is 10.8 Å². The van der Waals surface area contributed by atoms with E-state index in [9.17, 15) is 0 Å². The Hall–Kier alpha value is 0.334. The van der Waals surface area contributed by atoms with E-state index in [1.54, 1.807) is 0 Å². The number of allylic oxidation sites excluding steroid dienone is 6. The Morgan fingerprint density at radius 1 is 0.684 bits per heavy atom. The van der Waals surface area contributed by atoms with Crippen LogP contribution < -0.4 is 0 Å². The van der Waals surface area contributed by atoms with Crippen molar-refractivity contribution in [3.05, 3.63) is 43.9 Å². The molecule has 2 aliphatic rings. The van der Waals surface area contributed by atoms with Crippen molar-refractivity contribution in [1.29, 1.82) is 0 Å². The van der Waals surface area contributed by atoms with E-state index in [2.05, 4.69) is 39.8 Å². The van der Waals surface area contributed by atoms with Crippen LogP contribution in [0, 0.1) is 10.8 Å². The third-order valence-corrected chi connectivity index (χ3v) is 5.35. The second kappa shape index (κ2) is 6.86. The summed E-state index contributed by atoms with van der Waals surface area (Å²) >= 11 is 20.1. The van der Waals surface area contributed by atoms with Gasteiger partial charge < -0.3 is 50.5 Å². The molecule has 0 nitrogen and oxygen atoms in total. The predicted octanol–water partition coefficient (Wildman–Crippen LogP) is 3.77. The molecule has 0 radical (unpaired) electrons. The first-order chi connectivity index (χ1) is 8.08. The minimum Gasteiger partial charge on any atom is -0.784 e. The van der Waals surface area contributed by atoms with Crippen LogP contribution >= 0.6 is 0 Å². The molecule has 0 heterocycles. The van der Waals surface area contributed by atoms with Gasteiger partial charge in [0.15, 0.2) is 0 Å². The molecule has 110 valence electrons. The molecule has 0 unspecified atom stereocenters. The van der Waals surface area contributed by atoms with E-state index < -0.39 is 0 Å². The molecular weight excluding hydrogens is 355 g/mol. The molecule has 2 aliphatic carbocycles. The Kier molecular flexibility index (Phi) is 6.98. The monoisotopic (exact) mass is 370 g/mol. The maximum atomic E-state index is 5.07. The van der Waals surface area contributed by atoms with E-state index in [-0.39, 0.29) is 27.3 Å². The molecular formula is C14H16NiS4-4. The van der Waals surface area contributed by atoms with E-state index in [0.29, 0.717) is 0 Å². The molecule has 0 saturated carbocycles. The van der Waals surface area contributed by atoms with Crippen molar-refractivity contribution in [3.8, 4) is 0 Å². The molecule has 0 bridgehead atoms. The van der Waals surface area contributed by atoms with Crippen LogP contribution in [0.1, 0.15) is 27.7 Å². The summed E-state index contributed by atoms with van der Waals surface area (Å²) < 4.78 is 0. The van der Waals surface area contributed by atoms with Gasteiger partial charge in [0, 0.05) is 16.5 Å². The molecule has 0 aromatic heterocycles. The van der Waals surface area contributed by atoms with Gasteiger partial charge in [-0.05, 0) is 10.8 Å². The van der Waals surface area contributed by atoms with Gasteiger partial charge in [-0.3, -0.25) is 0 Å². The van der Waals surface area contributed by atoms with Crippen molar-refractivity contribution in [1.82, 2.24) is 0 Å². The second-order valence-electron chi connectivity index (χ2n) is 5.50. The van der Waals surface area contributed by atoms with Crippen LogP contribution in [0.3, 0.4) is 0 Å². The predicted molar refractivity (Wildman–Crippen MR) is 89.4 cm³/mol. The third-order valence-electron chi connectivity index (χ3n) is 2.92. The SMILES string of the molecule is CC1(C)C=CC([S-])=C1[S-].CC1(C)C=CC([S-])=C1[S-].[Ni]. The smallest absolute Gasteiger partial charge is 0 e. The van der Waals surface area contributed by atoms with Gasteiger partial charge in [0.05, 0.1) is 0 Å². The van der Waals surface area contributed by atoms with E-state index in [0.717, 1.165) is 19.6 Å². The molecule has 2 rings (SSSR count). The first-order valence-corrected chi connectivity index (χ1v) is 7.27. The summed E-state index contributed by atoms with van der Waals surface area (Å²) in [6, 6.07) is 0. The van der Waals surface area contributed by atoms with E-state index in [1.807, 2.05) is 12.2 Å². The zero-order valence-electron chi connectivity index (χ0n) is 11.3. The summed E-state index contributed by atoms with van der Waals surface area (Å²) in [5, 5.41) is 0. The van der Waals surface area contributed by atoms with Gasteiger partial charge >= 0.3 is 0 Å². The van der Waals surface area contributed by atoms with E-state index in [4.69, 9.17) is 50.5 Å². The molecule has 19 heavy (non-hydrogen) atoms. The Morgan fingerprint density at radius 3 is 1.00 bits per heavy atom. The number of rotatable bonds is 0. The summed E-state index contributed by atoms with van der Waals surface area (Å²) in [7, 11) is 0. The van der Waals surface area contributed by atoms with Crippen LogP contribution in [0.25, 0.3) is 0 Å². The van der Waals surface area contributed by atoms with Crippen molar-refractivity contribution >= 4 is 50.5 Å². The average Bonchev–Trinajstić information content (AvgIpc) is 2.65. The maximum absolute atomic E-state index is 5.07. The fourth-order valence-corrected chi connectivity index (χ4v) is 2.44. The van der Waals surface area contributed by atoms with Crippen LogP contribution in [0.5, 0.6) is 0 Å². The minimum absolute atomic E-state index is 0. The third kappa shape index (κ3) is 4.68. The quantitative estimate of drug-likeness (QED) is 0.469. The van der Waals surface area contributed by atoms with Crippen molar-refractivity contribution in [2.75, 3.05) is 0 Å². The molecule has 0 saturated heterocycles. The van der Waals surface area contributed by atoms with E-state index in [1.165, 1.54) is 0 Å². The largest absolute Gasteiger partial charge is 0.784 e. The Bertz CT molecular complexity index is 424. The van der Waals surface area contributed by atoms with E-state index >= 15 is 0 Å². The molecule has 0 spiro atoms. The Balaban J connectivity index is 0.000000324. The van der Waals surface area contributed by atoms with Gasteiger partial charge in [0.1, 0.15) is 0 Å². The zero-order valence-corrected chi connectivity index (χ0v) is 15.5. The molecule has 0 aliphatic heterocycles. The molecule has 0 aromatic rings. The van der Waals surface area contributed by atoms with Gasteiger partial charge in [-0.1, -0.05) is 52.0 Å². The first-order valence-electron chi connectivity index (χ1n) is 5.64. The summed E-state index contributed by atoms with van der Waals surface area (Å²) in [5.74, 6) is 0. The molecule has 0 amide bonds. The molecule has 0 fully saturated rings. The maximum Gasteiger partial charge on any atom is 0 e. The fourth-order valence-electron chi connectivity index (χ4n) is 1.51. The molecule has 5 heteroatoms. The zero-order chi connectivity index (χ0) is 14.1. The summed E-state index contributed by atoms with van der Waals surface area (Å²) in [5.41, 5.74) is 0.0683. The summed E-state index contributed by atoms with van der Waals surface area (Å²) in [6.07, 6.45) is 7.94. The van der Waals surface area contributed by atoms with Crippen LogP contribution in [-0.2, 0) is 67.0 Å². The summed E-state index contributed by atoms with van der Waals surface area (Å²) in [4.78, 5) is 3.46. The Labute approximate surface area is 148 Å². The summed E-state index contributed by atoms with van der Waals surface area (Å²) in [6.45, 7) is 8.30. The minimum atomic E-state index is 0. The van der Waals surface area contributed by atoms with Gasteiger partial charge in [0.25, 0.3) is 0 Å². The van der Waals surface area contributed by atoms with Gasteiger partial charge in [-0.25, -0.2) is 9.81 Å². The number of hydrogen-bond donors (Lipinski definition) is 0. The fraction of sp³-hybridized carbons (Fsp3) is 0.429. The Morgan fingerprint density at radius 2 is 0.947 bits per heavy atom.